The quantitative estimate of drug-likeness (QED) is 0.334. The molecule has 2 atom stereocenters. The van der Waals surface area contributed by atoms with Crippen molar-refractivity contribution in [2.45, 2.75) is 38.8 Å². The molecule has 0 saturated carbocycles. The third kappa shape index (κ3) is 25.9. The first-order chi connectivity index (χ1) is 10.5. The minimum absolute atomic E-state index is 0.278. The Labute approximate surface area is 140 Å². The topological polar surface area (TPSA) is 190 Å². The summed E-state index contributed by atoms with van der Waals surface area (Å²) in [4.78, 5) is 29.4. The zero-order valence-electron chi connectivity index (χ0n) is 13.8. The Hall–Kier alpha value is -1.36. The van der Waals surface area contributed by atoms with Gasteiger partial charge in [0.05, 0.1) is 6.54 Å². The van der Waals surface area contributed by atoms with Crippen molar-refractivity contribution in [1.82, 2.24) is 0 Å². The van der Waals surface area contributed by atoms with Crippen molar-refractivity contribution in [3.05, 3.63) is 0 Å². The van der Waals surface area contributed by atoms with E-state index in [9.17, 15) is 14.4 Å². The Bertz CT molecular complexity index is 342. The second-order valence-electron chi connectivity index (χ2n) is 4.90. The molecule has 0 aromatic carbocycles. The van der Waals surface area contributed by atoms with Gasteiger partial charge in [-0.1, -0.05) is 13.8 Å². The summed E-state index contributed by atoms with van der Waals surface area (Å²) in [5, 5.41) is 24.2. The summed E-state index contributed by atoms with van der Waals surface area (Å²) in [6.45, 7) is 3.62. The molecular formula is C13H29N3O6S. The normalized spacial score (nSPS) is 12.1. The van der Waals surface area contributed by atoms with Crippen LogP contribution in [0.1, 0.15) is 26.7 Å². The zero-order chi connectivity index (χ0) is 19.0. The predicted octanol–water partition coefficient (Wildman–Crippen LogP) is -0.374. The molecule has 0 aromatic heterocycles. The first-order valence-electron chi connectivity index (χ1n) is 6.87. The molecule has 9 N–H and O–H groups in total. The number of rotatable bonds is 8. The average Bonchev–Trinajstić information content (AvgIpc) is 2.44. The Morgan fingerprint density at radius 2 is 1.39 bits per heavy atom. The molecule has 9 nitrogen and oxygen atoms in total. The SMILES string of the molecule is CC(C)C[C@H](N)C(=O)O.CSCC[C@H](N)C(=O)O.NCC(=O)O. The van der Waals surface area contributed by atoms with Gasteiger partial charge in [0.15, 0.2) is 0 Å². The molecule has 0 spiro atoms. The maximum absolute atomic E-state index is 10.1. The van der Waals surface area contributed by atoms with Crippen molar-refractivity contribution in [2.24, 2.45) is 23.1 Å². The summed E-state index contributed by atoms with van der Waals surface area (Å²) in [5.74, 6) is -1.62. The molecule has 0 rings (SSSR count). The van der Waals surface area contributed by atoms with E-state index in [1.165, 1.54) is 0 Å². The van der Waals surface area contributed by atoms with E-state index in [1.807, 2.05) is 20.1 Å². The van der Waals surface area contributed by atoms with Crippen LogP contribution in [0.25, 0.3) is 0 Å². The summed E-state index contributed by atoms with van der Waals surface area (Å²) in [7, 11) is 0. The van der Waals surface area contributed by atoms with Gasteiger partial charge in [-0.05, 0) is 30.8 Å². The number of aliphatic carboxylic acids is 3. The number of nitrogens with two attached hydrogens (primary N) is 3. The van der Waals surface area contributed by atoms with Gasteiger partial charge < -0.3 is 32.5 Å². The summed E-state index contributed by atoms with van der Waals surface area (Å²) in [6, 6.07) is -1.37. The summed E-state index contributed by atoms with van der Waals surface area (Å²) in [6.07, 6.45) is 3.03. The lowest BCUT2D eigenvalue weighted by atomic mass is 10.1. The highest BCUT2D eigenvalue weighted by Gasteiger charge is 2.12. The zero-order valence-corrected chi connectivity index (χ0v) is 14.6. The predicted molar refractivity (Wildman–Crippen MR) is 90.4 cm³/mol. The molecule has 0 aliphatic rings. The van der Waals surface area contributed by atoms with Crippen molar-refractivity contribution in [1.29, 1.82) is 0 Å². The van der Waals surface area contributed by atoms with Crippen LogP contribution in [0.3, 0.4) is 0 Å². The maximum Gasteiger partial charge on any atom is 0.320 e. The van der Waals surface area contributed by atoms with E-state index in [2.05, 4.69) is 5.73 Å². The van der Waals surface area contributed by atoms with Crippen molar-refractivity contribution in [3.8, 4) is 0 Å². The molecule has 0 aromatic rings. The first kappa shape index (κ1) is 26.5. The van der Waals surface area contributed by atoms with Crippen molar-refractivity contribution in [3.63, 3.8) is 0 Å². The third-order valence-electron chi connectivity index (χ3n) is 2.17. The maximum atomic E-state index is 10.1. The molecule has 138 valence electrons. The molecule has 0 aliphatic carbocycles. The average molecular weight is 355 g/mol. The van der Waals surface area contributed by atoms with Crippen LogP contribution in [0.4, 0.5) is 0 Å². The highest BCUT2D eigenvalue weighted by molar-refractivity contribution is 7.98. The van der Waals surface area contributed by atoms with E-state index in [0.717, 1.165) is 5.75 Å². The second kappa shape index (κ2) is 17.0. The smallest absolute Gasteiger partial charge is 0.320 e. The molecule has 0 unspecified atom stereocenters. The number of hydrogen-bond acceptors (Lipinski definition) is 7. The Kier molecular flexibility index (Phi) is 19.6. The fraction of sp³-hybridized carbons (Fsp3) is 0.769. The van der Waals surface area contributed by atoms with E-state index in [1.54, 1.807) is 11.8 Å². The lowest BCUT2D eigenvalue weighted by Crippen LogP contribution is -2.31. The van der Waals surface area contributed by atoms with Gasteiger partial charge in [-0.25, -0.2) is 0 Å². The number of carboxylic acid groups (broad SMARTS) is 3. The molecular weight excluding hydrogens is 326 g/mol. The van der Waals surface area contributed by atoms with Crippen LogP contribution in [0, 0.1) is 5.92 Å². The molecule has 10 heteroatoms. The van der Waals surface area contributed by atoms with Crippen molar-refractivity contribution >= 4 is 29.7 Å². The van der Waals surface area contributed by atoms with Crippen LogP contribution in [0.5, 0.6) is 0 Å². The van der Waals surface area contributed by atoms with Gasteiger partial charge in [0.25, 0.3) is 0 Å². The minimum atomic E-state index is -0.968. The Morgan fingerprint density at radius 3 is 1.57 bits per heavy atom. The van der Waals surface area contributed by atoms with Crippen molar-refractivity contribution in [2.75, 3.05) is 18.6 Å². The lowest BCUT2D eigenvalue weighted by Gasteiger charge is -2.07. The number of thioether (sulfide) groups is 1. The minimum Gasteiger partial charge on any atom is -0.480 e. The van der Waals surface area contributed by atoms with Crippen LogP contribution in [0.2, 0.25) is 0 Å². The molecule has 23 heavy (non-hydrogen) atoms. The summed E-state index contributed by atoms with van der Waals surface area (Å²) in [5.41, 5.74) is 15.0. The van der Waals surface area contributed by atoms with E-state index in [-0.39, 0.29) is 6.54 Å². The van der Waals surface area contributed by atoms with Gasteiger partial charge in [-0.3, -0.25) is 14.4 Å². The van der Waals surface area contributed by atoms with Crippen LogP contribution >= 0.6 is 11.8 Å². The van der Waals surface area contributed by atoms with Crippen LogP contribution < -0.4 is 17.2 Å². The van der Waals surface area contributed by atoms with Crippen molar-refractivity contribution < 1.29 is 29.7 Å². The van der Waals surface area contributed by atoms with Gasteiger partial charge in [0.1, 0.15) is 12.1 Å². The van der Waals surface area contributed by atoms with E-state index >= 15 is 0 Å². The third-order valence-corrected chi connectivity index (χ3v) is 2.81. The monoisotopic (exact) mass is 355 g/mol. The van der Waals surface area contributed by atoms with Crippen LogP contribution in [-0.4, -0.2) is 63.9 Å². The van der Waals surface area contributed by atoms with Gasteiger partial charge in [0, 0.05) is 0 Å². The Balaban J connectivity index is -0.000000273. The largest absolute Gasteiger partial charge is 0.480 e. The van der Waals surface area contributed by atoms with E-state index in [0.29, 0.717) is 18.8 Å². The number of hydrogen-bond donors (Lipinski definition) is 6. The first-order valence-corrected chi connectivity index (χ1v) is 8.26. The van der Waals surface area contributed by atoms with E-state index in [4.69, 9.17) is 26.8 Å². The highest BCUT2D eigenvalue weighted by Crippen LogP contribution is 2.01. The Morgan fingerprint density at radius 1 is 1.00 bits per heavy atom. The van der Waals surface area contributed by atoms with Gasteiger partial charge in [0.2, 0.25) is 0 Å². The number of carbonyl (C=O) groups is 3. The molecule has 0 bridgehead atoms. The molecule has 0 aliphatic heterocycles. The highest BCUT2D eigenvalue weighted by atomic mass is 32.2. The lowest BCUT2D eigenvalue weighted by molar-refractivity contribution is -0.139. The molecule has 0 radical (unpaired) electrons. The molecule has 0 saturated heterocycles. The van der Waals surface area contributed by atoms with E-state index < -0.39 is 30.0 Å². The van der Waals surface area contributed by atoms with Crippen LogP contribution in [-0.2, 0) is 14.4 Å². The van der Waals surface area contributed by atoms with Gasteiger partial charge in [-0.2, -0.15) is 11.8 Å². The van der Waals surface area contributed by atoms with Gasteiger partial charge in [-0.15, -0.1) is 0 Å². The summed E-state index contributed by atoms with van der Waals surface area (Å²) < 4.78 is 0. The fourth-order valence-electron chi connectivity index (χ4n) is 0.977. The molecule has 0 heterocycles. The van der Waals surface area contributed by atoms with Crippen LogP contribution in [0.15, 0.2) is 0 Å². The summed E-state index contributed by atoms with van der Waals surface area (Å²) >= 11 is 1.60. The molecule has 0 amide bonds. The van der Waals surface area contributed by atoms with Gasteiger partial charge >= 0.3 is 17.9 Å². The standard InChI is InChI=1S/C6H13NO2.C5H11NO2S.C2H5NO2/c1-4(2)3-5(7)6(8)9;1-9-3-2-4(6)5(7)8;3-1-2(4)5/h4-5H,3,7H2,1-2H3,(H,8,9);4H,2-3,6H2,1H3,(H,7,8);1,3H2,(H,4,5)/t5-;4-;/m00./s1. The fourth-order valence-corrected chi connectivity index (χ4v) is 1.47. The number of carboxylic acids is 3. The second-order valence-corrected chi connectivity index (χ2v) is 5.88. The molecule has 0 fully saturated rings.